The van der Waals surface area contributed by atoms with Gasteiger partial charge in [0.1, 0.15) is 10.9 Å². The van der Waals surface area contributed by atoms with Crippen molar-refractivity contribution in [2.75, 3.05) is 13.6 Å². The number of aryl methyl sites for hydroxylation is 2. The number of thiophene rings is 1. The second-order valence-electron chi connectivity index (χ2n) is 6.00. The van der Waals surface area contributed by atoms with Crippen molar-refractivity contribution in [3.8, 4) is 0 Å². The summed E-state index contributed by atoms with van der Waals surface area (Å²) in [7, 11) is 1.70. The first-order chi connectivity index (χ1) is 11.1. The normalized spacial score (nSPS) is 19.1. The van der Waals surface area contributed by atoms with Crippen LogP contribution in [0, 0.1) is 0 Å². The number of ether oxygens (including phenoxy) is 1. The number of rotatable bonds is 3. The van der Waals surface area contributed by atoms with Gasteiger partial charge in [-0.05, 0) is 30.9 Å². The van der Waals surface area contributed by atoms with Crippen molar-refractivity contribution in [3.05, 3.63) is 39.0 Å². The maximum atomic E-state index is 12.5. The smallest absolute Gasteiger partial charge is 0.289 e. The van der Waals surface area contributed by atoms with E-state index in [1.54, 1.807) is 29.5 Å². The highest BCUT2D eigenvalue weighted by atomic mass is 32.1. The fourth-order valence-corrected chi connectivity index (χ4v) is 4.48. The van der Waals surface area contributed by atoms with Crippen LogP contribution < -0.4 is 5.56 Å². The van der Waals surface area contributed by atoms with Gasteiger partial charge in [-0.3, -0.25) is 9.59 Å². The minimum atomic E-state index is -0.284. The Morgan fingerprint density at radius 1 is 1.52 bits per heavy atom. The van der Waals surface area contributed by atoms with Gasteiger partial charge < -0.3 is 14.6 Å². The molecule has 2 aliphatic rings. The van der Waals surface area contributed by atoms with E-state index in [-0.39, 0.29) is 23.4 Å². The number of carbonyl (C=O) groups excluding carboxylic acids is 1. The lowest BCUT2D eigenvalue weighted by Gasteiger charge is -2.20. The number of nitrogens with zero attached hydrogens (tertiary/aromatic N) is 2. The third-order valence-corrected chi connectivity index (χ3v) is 5.55. The maximum absolute atomic E-state index is 12.5. The average molecular weight is 331 g/mol. The zero-order valence-electron chi connectivity index (χ0n) is 12.8. The molecule has 0 radical (unpaired) electrons. The summed E-state index contributed by atoms with van der Waals surface area (Å²) < 4.78 is 5.38. The number of hydrogen-bond donors (Lipinski definition) is 1. The molecule has 6 nitrogen and oxygen atoms in total. The van der Waals surface area contributed by atoms with Crippen molar-refractivity contribution in [1.29, 1.82) is 0 Å². The minimum Gasteiger partial charge on any atom is -0.496 e. The summed E-state index contributed by atoms with van der Waals surface area (Å²) in [6.07, 6.45) is 7.38. The number of carbonyl (C=O) groups is 1. The van der Waals surface area contributed by atoms with Gasteiger partial charge in [0.25, 0.3) is 11.5 Å². The van der Waals surface area contributed by atoms with Crippen LogP contribution in [0.4, 0.5) is 0 Å². The van der Waals surface area contributed by atoms with Gasteiger partial charge in [0, 0.05) is 18.3 Å². The van der Waals surface area contributed by atoms with Crippen molar-refractivity contribution < 1.29 is 9.53 Å². The molecule has 23 heavy (non-hydrogen) atoms. The molecule has 0 saturated carbocycles. The summed E-state index contributed by atoms with van der Waals surface area (Å²) in [5.74, 6) is -0.177. The number of nitrogens with one attached hydrogen (secondary N) is 1. The Balaban J connectivity index is 1.63. The number of hydrogen-bond acceptors (Lipinski definition) is 5. The molecule has 2 aromatic rings. The van der Waals surface area contributed by atoms with E-state index in [2.05, 4.69) is 9.97 Å². The number of likely N-dealkylation sites (N-methyl/N-ethyl adjacent to an activating group) is 1. The van der Waals surface area contributed by atoms with Crippen LogP contribution in [0.15, 0.2) is 17.1 Å². The largest absolute Gasteiger partial charge is 0.496 e. The topological polar surface area (TPSA) is 75.3 Å². The molecule has 1 aliphatic heterocycles. The van der Waals surface area contributed by atoms with Gasteiger partial charge in [0.05, 0.1) is 18.2 Å². The molecule has 0 spiro atoms. The number of fused-ring (bicyclic) bond motifs is 3. The lowest BCUT2D eigenvalue weighted by molar-refractivity contribution is 0.0675. The van der Waals surface area contributed by atoms with Crippen LogP contribution in [0.5, 0.6) is 0 Å². The summed E-state index contributed by atoms with van der Waals surface area (Å²) in [5.41, 5.74) is 0.918. The maximum Gasteiger partial charge on any atom is 0.289 e. The Kier molecular flexibility index (Phi) is 3.45. The number of aromatic nitrogens is 2. The number of H-pyrrole nitrogens is 1. The van der Waals surface area contributed by atoms with Gasteiger partial charge in [-0.2, -0.15) is 0 Å². The van der Waals surface area contributed by atoms with Gasteiger partial charge in [0.2, 0.25) is 5.82 Å². The van der Waals surface area contributed by atoms with E-state index < -0.39 is 0 Å². The summed E-state index contributed by atoms with van der Waals surface area (Å²) in [6.45, 7) is 0.467. The molecule has 1 aliphatic carbocycles. The fraction of sp³-hybridized carbons (Fsp3) is 0.438. The third-order valence-electron chi connectivity index (χ3n) is 4.37. The molecular weight excluding hydrogens is 314 g/mol. The number of aromatic amines is 1. The van der Waals surface area contributed by atoms with E-state index in [9.17, 15) is 9.59 Å². The van der Waals surface area contributed by atoms with Crippen LogP contribution in [-0.4, -0.2) is 40.5 Å². The predicted octanol–water partition coefficient (Wildman–Crippen LogP) is 1.85. The third kappa shape index (κ3) is 2.45. The van der Waals surface area contributed by atoms with Gasteiger partial charge >= 0.3 is 0 Å². The monoisotopic (exact) mass is 331 g/mol. The van der Waals surface area contributed by atoms with E-state index in [1.807, 2.05) is 6.08 Å². The Labute approximate surface area is 136 Å². The molecule has 0 saturated heterocycles. The highest BCUT2D eigenvalue weighted by Crippen LogP contribution is 2.34. The standard InChI is InChI=1S/C16H17N3O3S/c1-19(8-9-4-3-7-22-9)16(21)13-17-14(20)12-10-5-2-6-11(10)23-15(12)18-13/h3,7,9H,2,4-6,8H2,1H3,(H,17,18,20). The summed E-state index contributed by atoms with van der Waals surface area (Å²) in [4.78, 5) is 35.5. The molecule has 3 heterocycles. The zero-order chi connectivity index (χ0) is 16.0. The molecule has 120 valence electrons. The molecule has 4 rings (SSSR count). The molecule has 1 N–H and O–H groups in total. The average Bonchev–Trinajstić information content (AvgIpc) is 3.22. The van der Waals surface area contributed by atoms with Gasteiger partial charge in [-0.15, -0.1) is 11.3 Å². The molecule has 0 bridgehead atoms. The summed E-state index contributed by atoms with van der Waals surface area (Å²) >= 11 is 1.54. The van der Waals surface area contributed by atoms with Crippen molar-refractivity contribution in [2.24, 2.45) is 0 Å². The van der Waals surface area contributed by atoms with E-state index in [0.29, 0.717) is 16.8 Å². The van der Waals surface area contributed by atoms with Crippen LogP contribution in [0.25, 0.3) is 10.2 Å². The molecular formula is C16H17N3O3S. The zero-order valence-corrected chi connectivity index (χ0v) is 13.6. The highest BCUT2D eigenvalue weighted by Gasteiger charge is 2.24. The van der Waals surface area contributed by atoms with Crippen LogP contribution in [0.2, 0.25) is 0 Å². The Morgan fingerprint density at radius 2 is 2.39 bits per heavy atom. The van der Waals surface area contributed by atoms with Crippen LogP contribution in [-0.2, 0) is 17.6 Å². The molecule has 1 atom stereocenters. The van der Waals surface area contributed by atoms with Gasteiger partial charge in [-0.1, -0.05) is 0 Å². The fourth-order valence-electron chi connectivity index (χ4n) is 3.22. The molecule has 0 fully saturated rings. The minimum absolute atomic E-state index is 0.0232. The first kappa shape index (κ1) is 14.4. The summed E-state index contributed by atoms with van der Waals surface area (Å²) in [5, 5.41) is 0.671. The SMILES string of the molecule is CN(CC1CC=CO1)C(=O)c1nc2sc3c(c2c(=O)[nH]1)CCC3. The van der Waals surface area contributed by atoms with Crippen molar-refractivity contribution in [3.63, 3.8) is 0 Å². The van der Waals surface area contributed by atoms with E-state index in [1.165, 1.54) is 4.88 Å². The highest BCUT2D eigenvalue weighted by molar-refractivity contribution is 7.18. The molecule has 1 unspecified atom stereocenters. The molecule has 0 aromatic carbocycles. The molecule has 1 amide bonds. The van der Waals surface area contributed by atoms with Crippen molar-refractivity contribution >= 4 is 27.5 Å². The van der Waals surface area contributed by atoms with Gasteiger partial charge in [-0.25, -0.2) is 4.98 Å². The predicted molar refractivity (Wildman–Crippen MR) is 87.9 cm³/mol. The lowest BCUT2D eigenvalue weighted by atomic mass is 10.2. The lowest BCUT2D eigenvalue weighted by Crippen LogP contribution is -2.35. The van der Waals surface area contributed by atoms with E-state index >= 15 is 0 Å². The first-order valence-corrected chi connectivity index (χ1v) is 8.55. The second kappa shape index (κ2) is 5.49. The van der Waals surface area contributed by atoms with Crippen molar-refractivity contribution in [1.82, 2.24) is 14.9 Å². The number of amides is 1. The van der Waals surface area contributed by atoms with E-state index in [0.717, 1.165) is 31.2 Å². The van der Waals surface area contributed by atoms with Crippen LogP contribution in [0.3, 0.4) is 0 Å². The molecule has 2 aromatic heterocycles. The Bertz CT molecular complexity index is 859. The quantitative estimate of drug-likeness (QED) is 0.931. The van der Waals surface area contributed by atoms with Gasteiger partial charge in [0.15, 0.2) is 0 Å². The second-order valence-corrected chi connectivity index (χ2v) is 7.09. The first-order valence-electron chi connectivity index (χ1n) is 7.74. The van der Waals surface area contributed by atoms with E-state index in [4.69, 9.17) is 4.74 Å². The van der Waals surface area contributed by atoms with Crippen LogP contribution in [0.1, 0.15) is 33.9 Å². The molecule has 7 heteroatoms. The summed E-state index contributed by atoms with van der Waals surface area (Å²) in [6, 6.07) is 0. The van der Waals surface area contributed by atoms with Crippen LogP contribution >= 0.6 is 11.3 Å². The Morgan fingerprint density at radius 3 is 3.17 bits per heavy atom. The Hall–Kier alpha value is -2.15. The van der Waals surface area contributed by atoms with Crippen molar-refractivity contribution in [2.45, 2.75) is 31.8 Å².